The molecule has 5 heteroatoms. The van der Waals surface area contributed by atoms with Gasteiger partial charge in [0.2, 0.25) is 0 Å². The summed E-state index contributed by atoms with van der Waals surface area (Å²) in [5.41, 5.74) is 3.06. The van der Waals surface area contributed by atoms with Crippen LogP contribution in [0.1, 0.15) is 16.7 Å². The number of ether oxygens (including phenoxy) is 1. The van der Waals surface area contributed by atoms with Gasteiger partial charge in [-0.25, -0.2) is 9.18 Å². The Labute approximate surface area is 135 Å². The zero-order valence-corrected chi connectivity index (χ0v) is 13.4. The molecule has 0 fully saturated rings. The largest absolute Gasteiger partial charge is 0.496 e. The fourth-order valence-corrected chi connectivity index (χ4v) is 2.26. The van der Waals surface area contributed by atoms with Crippen molar-refractivity contribution in [1.82, 2.24) is 10.6 Å². The van der Waals surface area contributed by atoms with Gasteiger partial charge >= 0.3 is 6.03 Å². The number of hydrogen-bond acceptors (Lipinski definition) is 2. The fourth-order valence-electron chi connectivity index (χ4n) is 2.26. The van der Waals surface area contributed by atoms with Crippen LogP contribution in [0, 0.1) is 12.7 Å². The summed E-state index contributed by atoms with van der Waals surface area (Å²) in [7, 11) is 1.64. The molecule has 0 aliphatic heterocycles. The molecule has 0 spiro atoms. The molecule has 0 saturated heterocycles. The van der Waals surface area contributed by atoms with E-state index in [1.54, 1.807) is 19.2 Å². The Kier molecular flexibility index (Phi) is 5.97. The van der Waals surface area contributed by atoms with E-state index in [4.69, 9.17) is 4.74 Å². The van der Waals surface area contributed by atoms with Crippen LogP contribution in [-0.4, -0.2) is 19.7 Å². The second kappa shape index (κ2) is 8.17. The molecule has 122 valence electrons. The zero-order valence-electron chi connectivity index (χ0n) is 13.4. The summed E-state index contributed by atoms with van der Waals surface area (Å²) in [6, 6.07) is 11.8. The molecule has 2 aromatic carbocycles. The third-order valence-electron chi connectivity index (χ3n) is 3.48. The van der Waals surface area contributed by atoms with Gasteiger partial charge in [0.15, 0.2) is 0 Å². The standard InChI is InChI=1S/C18H21FN2O2/c1-13-3-8-17(23-2)15(11-13)9-10-20-18(22)21-12-14-4-6-16(19)7-5-14/h3-8,11H,9-10,12H2,1-2H3,(H2,20,21,22). The van der Waals surface area contributed by atoms with Crippen LogP contribution < -0.4 is 15.4 Å². The van der Waals surface area contributed by atoms with Crippen molar-refractivity contribution < 1.29 is 13.9 Å². The van der Waals surface area contributed by atoms with Gasteiger partial charge in [0, 0.05) is 13.1 Å². The molecule has 0 heterocycles. The minimum Gasteiger partial charge on any atom is -0.496 e. The lowest BCUT2D eigenvalue weighted by Gasteiger charge is -2.11. The molecule has 2 rings (SSSR count). The lowest BCUT2D eigenvalue weighted by Crippen LogP contribution is -2.36. The highest BCUT2D eigenvalue weighted by molar-refractivity contribution is 5.73. The van der Waals surface area contributed by atoms with Crippen LogP contribution in [0.5, 0.6) is 5.75 Å². The van der Waals surface area contributed by atoms with Crippen LogP contribution >= 0.6 is 0 Å². The van der Waals surface area contributed by atoms with E-state index in [-0.39, 0.29) is 11.8 Å². The van der Waals surface area contributed by atoms with Gasteiger partial charge in [-0.05, 0) is 42.7 Å². The molecule has 0 radical (unpaired) electrons. The molecule has 0 unspecified atom stereocenters. The Hall–Kier alpha value is -2.56. The van der Waals surface area contributed by atoms with Crippen molar-refractivity contribution in [1.29, 1.82) is 0 Å². The van der Waals surface area contributed by atoms with Crippen molar-refractivity contribution in [3.8, 4) is 5.75 Å². The number of nitrogens with one attached hydrogen (secondary N) is 2. The van der Waals surface area contributed by atoms with Crippen molar-refractivity contribution in [2.24, 2.45) is 0 Å². The molecule has 2 amide bonds. The number of carbonyl (C=O) groups excluding carboxylic acids is 1. The van der Waals surface area contributed by atoms with Crippen LogP contribution in [0.3, 0.4) is 0 Å². The third-order valence-corrected chi connectivity index (χ3v) is 3.48. The summed E-state index contributed by atoms with van der Waals surface area (Å²) in [5.74, 6) is 0.537. The van der Waals surface area contributed by atoms with E-state index in [2.05, 4.69) is 16.7 Å². The highest BCUT2D eigenvalue weighted by atomic mass is 19.1. The molecule has 0 aliphatic carbocycles. The molecule has 2 aromatic rings. The molecule has 0 bridgehead atoms. The summed E-state index contributed by atoms with van der Waals surface area (Å²) in [6.45, 7) is 2.89. The van der Waals surface area contributed by atoms with Crippen molar-refractivity contribution in [2.45, 2.75) is 19.9 Å². The van der Waals surface area contributed by atoms with Gasteiger partial charge in [-0.2, -0.15) is 0 Å². The maximum atomic E-state index is 12.8. The second-order valence-corrected chi connectivity index (χ2v) is 5.30. The van der Waals surface area contributed by atoms with Gasteiger partial charge in [0.05, 0.1) is 7.11 Å². The third kappa shape index (κ3) is 5.29. The Bertz CT molecular complexity index is 657. The normalized spacial score (nSPS) is 10.2. The number of benzene rings is 2. The number of hydrogen-bond donors (Lipinski definition) is 2. The number of halogens is 1. The number of methoxy groups -OCH3 is 1. The van der Waals surface area contributed by atoms with Crippen LogP contribution in [-0.2, 0) is 13.0 Å². The van der Waals surface area contributed by atoms with E-state index in [1.807, 2.05) is 19.1 Å². The molecule has 2 N–H and O–H groups in total. The van der Waals surface area contributed by atoms with Crippen molar-refractivity contribution in [3.05, 3.63) is 65.0 Å². The van der Waals surface area contributed by atoms with Crippen molar-refractivity contribution in [3.63, 3.8) is 0 Å². The van der Waals surface area contributed by atoms with Gasteiger partial charge in [0.25, 0.3) is 0 Å². The quantitative estimate of drug-likeness (QED) is 0.860. The van der Waals surface area contributed by atoms with Crippen LogP contribution in [0.2, 0.25) is 0 Å². The molecular weight excluding hydrogens is 295 g/mol. The highest BCUT2D eigenvalue weighted by Gasteiger charge is 2.05. The van der Waals surface area contributed by atoms with Crippen molar-refractivity contribution >= 4 is 6.03 Å². The van der Waals surface area contributed by atoms with Crippen LogP contribution in [0.25, 0.3) is 0 Å². The number of aryl methyl sites for hydroxylation is 1. The van der Waals surface area contributed by atoms with Gasteiger partial charge in [0.1, 0.15) is 11.6 Å². The predicted molar refractivity (Wildman–Crippen MR) is 88.1 cm³/mol. The fraction of sp³-hybridized carbons (Fsp3) is 0.278. The van der Waals surface area contributed by atoms with Gasteiger partial charge < -0.3 is 15.4 Å². The van der Waals surface area contributed by atoms with Crippen LogP contribution in [0.4, 0.5) is 9.18 Å². The van der Waals surface area contributed by atoms with E-state index < -0.39 is 0 Å². The summed E-state index contributed by atoms with van der Waals surface area (Å²) < 4.78 is 18.1. The summed E-state index contributed by atoms with van der Waals surface area (Å²) in [6.07, 6.45) is 0.689. The van der Waals surface area contributed by atoms with Gasteiger partial charge in [-0.15, -0.1) is 0 Å². The van der Waals surface area contributed by atoms with E-state index in [0.29, 0.717) is 19.5 Å². The lowest BCUT2D eigenvalue weighted by molar-refractivity contribution is 0.240. The molecular formula is C18H21FN2O2. The Morgan fingerprint density at radius 1 is 1.13 bits per heavy atom. The first-order valence-corrected chi connectivity index (χ1v) is 7.48. The summed E-state index contributed by atoms with van der Waals surface area (Å²) >= 11 is 0. The minimum atomic E-state index is -0.287. The smallest absolute Gasteiger partial charge is 0.315 e. The molecule has 0 aromatic heterocycles. The molecule has 0 aliphatic rings. The number of amides is 2. The Morgan fingerprint density at radius 2 is 1.87 bits per heavy atom. The lowest BCUT2D eigenvalue weighted by atomic mass is 10.1. The van der Waals surface area contributed by atoms with Gasteiger partial charge in [-0.3, -0.25) is 0 Å². The number of urea groups is 1. The van der Waals surface area contributed by atoms with Gasteiger partial charge in [-0.1, -0.05) is 29.8 Å². The number of rotatable bonds is 6. The predicted octanol–water partition coefficient (Wildman–Crippen LogP) is 3.18. The maximum absolute atomic E-state index is 12.8. The first-order valence-electron chi connectivity index (χ1n) is 7.48. The summed E-state index contributed by atoms with van der Waals surface area (Å²) in [5, 5.41) is 5.54. The van der Waals surface area contributed by atoms with Crippen molar-refractivity contribution in [2.75, 3.05) is 13.7 Å². The van der Waals surface area contributed by atoms with E-state index in [1.165, 1.54) is 12.1 Å². The monoisotopic (exact) mass is 316 g/mol. The first-order chi connectivity index (χ1) is 11.1. The molecule has 0 saturated carbocycles. The SMILES string of the molecule is COc1ccc(C)cc1CCNC(=O)NCc1ccc(F)cc1. The minimum absolute atomic E-state index is 0.249. The Morgan fingerprint density at radius 3 is 2.57 bits per heavy atom. The summed E-state index contributed by atoms with van der Waals surface area (Å²) in [4.78, 5) is 11.8. The van der Waals surface area contributed by atoms with E-state index in [0.717, 1.165) is 22.4 Å². The Balaban J connectivity index is 1.76. The molecule has 4 nitrogen and oxygen atoms in total. The molecule has 23 heavy (non-hydrogen) atoms. The number of carbonyl (C=O) groups is 1. The highest BCUT2D eigenvalue weighted by Crippen LogP contribution is 2.19. The van der Waals surface area contributed by atoms with E-state index >= 15 is 0 Å². The average molecular weight is 316 g/mol. The van der Waals surface area contributed by atoms with Crippen LogP contribution in [0.15, 0.2) is 42.5 Å². The zero-order chi connectivity index (χ0) is 16.7. The first kappa shape index (κ1) is 16.8. The van der Waals surface area contributed by atoms with E-state index in [9.17, 15) is 9.18 Å². The topological polar surface area (TPSA) is 50.4 Å². The maximum Gasteiger partial charge on any atom is 0.315 e. The molecule has 0 atom stereocenters. The average Bonchev–Trinajstić information content (AvgIpc) is 2.54. The second-order valence-electron chi connectivity index (χ2n) is 5.30.